The lowest BCUT2D eigenvalue weighted by Crippen LogP contribution is -2.39. The van der Waals surface area contributed by atoms with E-state index in [0.29, 0.717) is 10.9 Å². The van der Waals surface area contributed by atoms with Crippen LogP contribution in [0.5, 0.6) is 0 Å². The van der Waals surface area contributed by atoms with E-state index in [9.17, 15) is 9.90 Å². The number of nitrogens with zero attached hydrogens (tertiary/aromatic N) is 2. The first-order chi connectivity index (χ1) is 9.04. The quantitative estimate of drug-likeness (QED) is 0.914. The molecule has 5 heteroatoms. The number of hydrogen-bond donors (Lipinski definition) is 1. The first kappa shape index (κ1) is 14.3. The molecule has 0 aromatic carbocycles. The maximum Gasteiger partial charge on any atom is 0.347 e. The lowest BCUT2D eigenvalue weighted by atomic mass is 10.0. The Morgan fingerprint density at radius 1 is 1.53 bits per heavy atom. The molecule has 1 aromatic rings. The number of hydrogen-bond acceptors (Lipinski definition) is 4. The van der Waals surface area contributed by atoms with E-state index in [1.807, 2.05) is 13.8 Å². The van der Waals surface area contributed by atoms with Gasteiger partial charge in [0, 0.05) is 12.6 Å². The summed E-state index contributed by atoms with van der Waals surface area (Å²) < 4.78 is 0. The minimum atomic E-state index is -0.850. The molecule has 1 aliphatic rings. The number of thiazole rings is 1. The molecule has 1 N–H and O–H groups in total. The Morgan fingerprint density at radius 3 is 2.79 bits per heavy atom. The summed E-state index contributed by atoms with van der Waals surface area (Å²) in [7, 11) is 0. The molecule has 4 nitrogen and oxygen atoms in total. The Labute approximate surface area is 118 Å². The third-order valence-corrected chi connectivity index (χ3v) is 4.82. The molecule has 0 aliphatic carbocycles. The maximum atomic E-state index is 11.3. The van der Waals surface area contributed by atoms with Crippen molar-refractivity contribution in [1.82, 2.24) is 4.98 Å². The zero-order valence-electron chi connectivity index (χ0n) is 11.8. The molecule has 2 heterocycles. The van der Waals surface area contributed by atoms with Crippen LogP contribution in [0, 0.1) is 0 Å². The first-order valence-corrected chi connectivity index (χ1v) is 7.86. The summed E-state index contributed by atoms with van der Waals surface area (Å²) in [6.07, 6.45) is 4.73. The van der Waals surface area contributed by atoms with Crippen molar-refractivity contribution < 1.29 is 9.90 Å². The Morgan fingerprint density at radius 2 is 2.26 bits per heavy atom. The van der Waals surface area contributed by atoms with Crippen molar-refractivity contribution in [2.24, 2.45) is 0 Å². The Kier molecular flexibility index (Phi) is 4.45. The smallest absolute Gasteiger partial charge is 0.347 e. The molecule has 0 spiro atoms. The van der Waals surface area contributed by atoms with Gasteiger partial charge in [0.25, 0.3) is 0 Å². The van der Waals surface area contributed by atoms with Crippen molar-refractivity contribution in [3.05, 3.63) is 10.6 Å². The number of carboxylic acids is 1. The van der Waals surface area contributed by atoms with Crippen molar-refractivity contribution in [1.29, 1.82) is 0 Å². The molecule has 1 fully saturated rings. The topological polar surface area (TPSA) is 53.4 Å². The van der Waals surface area contributed by atoms with Crippen LogP contribution < -0.4 is 4.90 Å². The average molecular weight is 282 g/mol. The standard InChI is InChI=1S/C14H22N2O2S/c1-4-10-7-5-6-8-16(10)14-15-11(9(2)3)12(19-14)13(17)18/h9-10H,4-8H2,1-3H3,(H,17,18). The highest BCUT2D eigenvalue weighted by molar-refractivity contribution is 7.17. The van der Waals surface area contributed by atoms with Crippen LogP contribution in [0.1, 0.15) is 67.7 Å². The van der Waals surface area contributed by atoms with Crippen LogP contribution in [-0.4, -0.2) is 28.6 Å². The Bertz CT molecular complexity index is 456. The van der Waals surface area contributed by atoms with Crippen LogP contribution >= 0.6 is 11.3 Å². The molecule has 1 aromatic heterocycles. The lowest BCUT2D eigenvalue weighted by Gasteiger charge is -2.35. The highest BCUT2D eigenvalue weighted by Gasteiger charge is 2.27. The molecule has 106 valence electrons. The molecule has 0 amide bonds. The van der Waals surface area contributed by atoms with E-state index in [-0.39, 0.29) is 5.92 Å². The van der Waals surface area contributed by atoms with Crippen LogP contribution in [0.25, 0.3) is 0 Å². The molecule has 19 heavy (non-hydrogen) atoms. The molecule has 1 aliphatic heterocycles. The second kappa shape index (κ2) is 5.90. The van der Waals surface area contributed by atoms with Crippen molar-refractivity contribution in [2.45, 2.75) is 58.4 Å². The Balaban J connectivity index is 2.33. The van der Waals surface area contributed by atoms with E-state index < -0.39 is 5.97 Å². The van der Waals surface area contributed by atoms with Crippen LogP contribution in [0.2, 0.25) is 0 Å². The normalized spacial score (nSPS) is 20.0. The van der Waals surface area contributed by atoms with Gasteiger partial charge in [-0.25, -0.2) is 9.78 Å². The third kappa shape index (κ3) is 2.91. The van der Waals surface area contributed by atoms with Gasteiger partial charge in [-0.1, -0.05) is 32.1 Å². The van der Waals surface area contributed by atoms with E-state index in [1.54, 1.807) is 0 Å². The molecular weight excluding hydrogens is 260 g/mol. The van der Waals surface area contributed by atoms with Gasteiger partial charge in [-0.3, -0.25) is 0 Å². The van der Waals surface area contributed by atoms with Gasteiger partial charge >= 0.3 is 5.97 Å². The van der Waals surface area contributed by atoms with Crippen LogP contribution in [0.15, 0.2) is 0 Å². The van der Waals surface area contributed by atoms with Gasteiger partial charge in [0.15, 0.2) is 5.13 Å². The zero-order valence-corrected chi connectivity index (χ0v) is 12.7. The summed E-state index contributed by atoms with van der Waals surface area (Å²) in [5.41, 5.74) is 0.730. The number of aromatic carboxylic acids is 1. The summed E-state index contributed by atoms with van der Waals surface area (Å²) in [6.45, 7) is 7.19. The van der Waals surface area contributed by atoms with Gasteiger partial charge in [-0.15, -0.1) is 0 Å². The summed E-state index contributed by atoms with van der Waals surface area (Å²) in [6, 6.07) is 0.515. The van der Waals surface area contributed by atoms with Gasteiger partial charge in [-0.05, 0) is 31.6 Å². The van der Waals surface area contributed by atoms with Crippen molar-refractivity contribution in [3.8, 4) is 0 Å². The maximum absolute atomic E-state index is 11.3. The first-order valence-electron chi connectivity index (χ1n) is 7.05. The summed E-state index contributed by atoms with van der Waals surface area (Å²) in [4.78, 5) is 18.7. The second-order valence-corrected chi connectivity index (χ2v) is 6.40. The van der Waals surface area contributed by atoms with Crippen molar-refractivity contribution in [3.63, 3.8) is 0 Å². The molecule has 0 bridgehead atoms. The number of aromatic nitrogens is 1. The third-order valence-electron chi connectivity index (χ3n) is 3.73. The number of rotatable bonds is 4. The number of carboxylic acid groups (broad SMARTS) is 1. The second-order valence-electron chi connectivity index (χ2n) is 5.42. The minimum Gasteiger partial charge on any atom is -0.477 e. The highest BCUT2D eigenvalue weighted by atomic mass is 32.1. The van der Waals surface area contributed by atoms with E-state index in [4.69, 9.17) is 0 Å². The molecule has 1 atom stereocenters. The fourth-order valence-corrected chi connectivity index (χ4v) is 3.82. The fourth-order valence-electron chi connectivity index (χ4n) is 2.66. The van der Waals surface area contributed by atoms with Gasteiger partial charge in [0.2, 0.25) is 0 Å². The van der Waals surface area contributed by atoms with E-state index in [0.717, 1.165) is 23.8 Å². The molecule has 1 saturated heterocycles. The predicted octanol–water partition coefficient (Wildman–Crippen LogP) is 3.73. The van der Waals surface area contributed by atoms with E-state index in [2.05, 4.69) is 16.8 Å². The fraction of sp³-hybridized carbons (Fsp3) is 0.714. The molecule has 1 unspecified atom stereocenters. The SMILES string of the molecule is CCC1CCCCN1c1nc(C(C)C)c(C(=O)O)s1. The average Bonchev–Trinajstić information content (AvgIpc) is 2.84. The number of anilines is 1. The minimum absolute atomic E-state index is 0.154. The monoisotopic (exact) mass is 282 g/mol. The van der Waals surface area contributed by atoms with E-state index in [1.165, 1.54) is 30.6 Å². The van der Waals surface area contributed by atoms with Crippen LogP contribution in [-0.2, 0) is 0 Å². The van der Waals surface area contributed by atoms with Gasteiger partial charge < -0.3 is 10.0 Å². The molecular formula is C14H22N2O2S. The Hall–Kier alpha value is -1.10. The predicted molar refractivity (Wildman–Crippen MR) is 78.4 cm³/mol. The van der Waals surface area contributed by atoms with Crippen molar-refractivity contribution >= 4 is 22.4 Å². The summed E-state index contributed by atoms with van der Waals surface area (Å²) >= 11 is 1.34. The number of piperidine rings is 1. The van der Waals surface area contributed by atoms with Crippen LogP contribution in [0.3, 0.4) is 0 Å². The van der Waals surface area contributed by atoms with Crippen LogP contribution in [0.4, 0.5) is 5.13 Å². The number of carbonyl (C=O) groups is 1. The summed E-state index contributed by atoms with van der Waals surface area (Å²) in [5, 5.41) is 10.2. The van der Waals surface area contributed by atoms with Gasteiger partial charge in [0.05, 0.1) is 5.69 Å². The lowest BCUT2D eigenvalue weighted by molar-refractivity contribution is 0.0700. The zero-order chi connectivity index (χ0) is 14.0. The molecule has 0 saturated carbocycles. The summed E-state index contributed by atoms with van der Waals surface area (Å²) in [5.74, 6) is -0.696. The highest BCUT2D eigenvalue weighted by Crippen LogP contribution is 2.34. The molecule has 0 radical (unpaired) electrons. The largest absolute Gasteiger partial charge is 0.477 e. The van der Waals surface area contributed by atoms with Crippen molar-refractivity contribution in [2.75, 3.05) is 11.4 Å². The molecule has 2 rings (SSSR count). The van der Waals surface area contributed by atoms with Gasteiger partial charge in [0.1, 0.15) is 4.88 Å². The van der Waals surface area contributed by atoms with Gasteiger partial charge in [-0.2, -0.15) is 0 Å². The van der Waals surface area contributed by atoms with E-state index >= 15 is 0 Å².